The molecule has 8 heteroatoms. The van der Waals surface area contributed by atoms with E-state index in [0.29, 0.717) is 28.8 Å². The number of nitrogens with zero attached hydrogens (tertiary/aromatic N) is 3. The fourth-order valence-corrected chi connectivity index (χ4v) is 3.30. The van der Waals surface area contributed by atoms with Crippen LogP contribution in [0.4, 0.5) is 5.95 Å². The monoisotopic (exact) mass is 360 g/mol. The van der Waals surface area contributed by atoms with Crippen LogP contribution in [0.2, 0.25) is 0 Å². The number of esters is 1. The Morgan fingerprint density at radius 3 is 2.76 bits per heavy atom. The number of hydrogen-bond acceptors (Lipinski definition) is 7. The lowest BCUT2D eigenvalue weighted by molar-refractivity contribution is -0.136. The molecule has 0 saturated carbocycles. The van der Waals surface area contributed by atoms with Crippen molar-refractivity contribution in [1.82, 2.24) is 14.8 Å². The quantitative estimate of drug-likeness (QED) is 0.649. The summed E-state index contributed by atoms with van der Waals surface area (Å²) in [4.78, 5) is 17.1. The van der Waals surface area contributed by atoms with E-state index in [1.165, 1.54) is 18.9 Å². The van der Waals surface area contributed by atoms with Crippen LogP contribution in [-0.4, -0.2) is 41.2 Å². The Hall–Kier alpha value is -2.48. The van der Waals surface area contributed by atoms with Gasteiger partial charge in [-0.1, -0.05) is 36.9 Å². The summed E-state index contributed by atoms with van der Waals surface area (Å²) in [5.74, 6) is 0.885. The zero-order chi connectivity index (χ0) is 18.0. The molecule has 2 aromatic rings. The molecule has 1 aliphatic rings. The molecule has 1 aliphatic heterocycles. The standard InChI is InChI=1S/C17H20N4O3S/c1-5-11-13(15(22)24-3)14(10-8-6-7-9-12(10)23-2)21-16(18-11)19-17(20-21)25-4/h6-9,14H,5H2,1-4H3,(H,18,19,20). The van der Waals surface area contributed by atoms with E-state index in [1.807, 2.05) is 37.4 Å². The third-order valence-corrected chi connectivity index (χ3v) is 4.63. The van der Waals surface area contributed by atoms with Gasteiger partial charge in [0.15, 0.2) is 0 Å². The molecule has 0 bridgehead atoms. The summed E-state index contributed by atoms with van der Waals surface area (Å²) in [6.07, 6.45) is 2.55. The van der Waals surface area contributed by atoms with Crippen molar-refractivity contribution in [3.8, 4) is 5.75 Å². The van der Waals surface area contributed by atoms with Crippen LogP contribution >= 0.6 is 11.8 Å². The highest BCUT2D eigenvalue weighted by atomic mass is 32.2. The van der Waals surface area contributed by atoms with E-state index in [0.717, 1.165) is 11.3 Å². The fraction of sp³-hybridized carbons (Fsp3) is 0.353. The van der Waals surface area contributed by atoms with E-state index in [1.54, 1.807) is 11.8 Å². The highest BCUT2D eigenvalue weighted by molar-refractivity contribution is 7.98. The molecule has 0 aliphatic carbocycles. The summed E-state index contributed by atoms with van der Waals surface area (Å²) in [6, 6.07) is 7.12. The molecule has 1 unspecified atom stereocenters. The number of benzene rings is 1. The van der Waals surface area contributed by atoms with Crippen molar-refractivity contribution >= 4 is 23.7 Å². The molecule has 7 nitrogen and oxygen atoms in total. The zero-order valence-electron chi connectivity index (χ0n) is 14.6. The van der Waals surface area contributed by atoms with Crippen LogP contribution < -0.4 is 10.1 Å². The van der Waals surface area contributed by atoms with Crippen LogP contribution in [0.25, 0.3) is 0 Å². The first-order chi connectivity index (χ1) is 12.1. The molecular formula is C17H20N4O3S. The van der Waals surface area contributed by atoms with Gasteiger partial charge in [-0.3, -0.25) is 0 Å². The van der Waals surface area contributed by atoms with Crippen molar-refractivity contribution in [2.24, 2.45) is 0 Å². The Morgan fingerprint density at radius 1 is 1.36 bits per heavy atom. The topological polar surface area (TPSA) is 78.3 Å². The number of nitrogens with one attached hydrogen (secondary N) is 1. The van der Waals surface area contributed by atoms with Crippen LogP contribution in [-0.2, 0) is 9.53 Å². The van der Waals surface area contributed by atoms with Gasteiger partial charge in [0.2, 0.25) is 11.1 Å². The molecule has 0 radical (unpaired) electrons. The summed E-state index contributed by atoms with van der Waals surface area (Å²) in [7, 11) is 2.99. The maximum Gasteiger partial charge on any atom is 0.338 e. The third kappa shape index (κ3) is 2.97. The summed E-state index contributed by atoms with van der Waals surface area (Å²) < 4.78 is 12.3. The average Bonchev–Trinajstić information content (AvgIpc) is 3.08. The normalized spacial score (nSPS) is 16.2. The molecule has 1 aromatic heterocycles. The van der Waals surface area contributed by atoms with E-state index < -0.39 is 12.0 Å². The largest absolute Gasteiger partial charge is 0.496 e. The number of carbonyl (C=O) groups excluding carboxylic acids is 1. The van der Waals surface area contributed by atoms with Gasteiger partial charge in [0.1, 0.15) is 11.8 Å². The van der Waals surface area contributed by atoms with E-state index in [9.17, 15) is 4.79 Å². The molecule has 1 aromatic carbocycles. The molecule has 0 fully saturated rings. The van der Waals surface area contributed by atoms with Gasteiger partial charge in [-0.15, -0.1) is 5.10 Å². The van der Waals surface area contributed by atoms with Crippen molar-refractivity contribution in [1.29, 1.82) is 0 Å². The lowest BCUT2D eigenvalue weighted by Crippen LogP contribution is -2.30. The number of rotatable bonds is 5. The third-order valence-electron chi connectivity index (χ3n) is 4.09. The molecule has 25 heavy (non-hydrogen) atoms. The fourth-order valence-electron chi connectivity index (χ4n) is 2.95. The molecule has 1 atom stereocenters. The molecule has 1 N–H and O–H groups in total. The highest BCUT2D eigenvalue weighted by Crippen LogP contribution is 2.40. The van der Waals surface area contributed by atoms with Gasteiger partial charge in [0, 0.05) is 11.3 Å². The Morgan fingerprint density at radius 2 is 2.12 bits per heavy atom. The summed E-state index contributed by atoms with van der Waals surface area (Å²) in [5.41, 5.74) is 2.12. The molecule has 2 heterocycles. The minimum absolute atomic E-state index is 0.396. The summed E-state index contributed by atoms with van der Waals surface area (Å²) >= 11 is 1.44. The Kier molecular flexibility index (Phi) is 4.98. The lowest BCUT2D eigenvalue weighted by Gasteiger charge is -2.29. The number of anilines is 1. The number of hydrogen-bond donors (Lipinski definition) is 1. The number of carbonyl (C=O) groups is 1. The number of fused-ring (bicyclic) bond motifs is 1. The van der Waals surface area contributed by atoms with Crippen LogP contribution in [0.15, 0.2) is 40.7 Å². The number of allylic oxidation sites excluding steroid dienone is 1. The van der Waals surface area contributed by atoms with Crippen molar-refractivity contribution < 1.29 is 14.3 Å². The van der Waals surface area contributed by atoms with Crippen LogP contribution in [0, 0.1) is 0 Å². The average molecular weight is 360 g/mol. The van der Waals surface area contributed by atoms with E-state index in [-0.39, 0.29) is 0 Å². The van der Waals surface area contributed by atoms with Crippen LogP contribution in [0.1, 0.15) is 24.9 Å². The second kappa shape index (κ2) is 7.18. The first-order valence-electron chi connectivity index (χ1n) is 7.86. The molecule has 132 valence electrons. The van der Waals surface area contributed by atoms with Crippen LogP contribution in [0.3, 0.4) is 0 Å². The Balaban J connectivity index is 2.27. The van der Waals surface area contributed by atoms with E-state index in [2.05, 4.69) is 15.4 Å². The molecular weight excluding hydrogens is 340 g/mol. The van der Waals surface area contributed by atoms with Gasteiger partial charge in [0.05, 0.1) is 19.8 Å². The second-order valence-electron chi connectivity index (χ2n) is 5.37. The smallest absolute Gasteiger partial charge is 0.338 e. The predicted octanol–water partition coefficient (Wildman–Crippen LogP) is 2.86. The first-order valence-corrected chi connectivity index (χ1v) is 9.08. The Bertz CT molecular complexity index is 831. The van der Waals surface area contributed by atoms with Crippen molar-refractivity contribution in [3.63, 3.8) is 0 Å². The zero-order valence-corrected chi connectivity index (χ0v) is 15.4. The van der Waals surface area contributed by atoms with Crippen molar-refractivity contribution in [2.75, 3.05) is 25.8 Å². The SMILES string of the molecule is CCC1=C(C(=O)OC)C(c2ccccc2OC)n2nc(SC)nc2N1. The maximum atomic E-state index is 12.6. The molecule has 0 saturated heterocycles. The van der Waals surface area contributed by atoms with Crippen LogP contribution in [0.5, 0.6) is 5.75 Å². The molecule has 0 spiro atoms. The molecule has 0 amide bonds. The minimum atomic E-state index is -0.469. The number of ether oxygens (including phenoxy) is 2. The predicted molar refractivity (Wildman–Crippen MR) is 95.9 cm³/mol. The van der Waals surface area contributed by atoms with Crippen molar-refractivity contribution in [3.05, 3.63) is 41.1 Å². The highest BCUT2D eigenvalue weighted by Gasteiger charge is 2.37. The van der Waals surface area contributed by atoms with E-state index >= 15 is 0 Å². The van der Waals surface area contributed by atoms with Crippen molar-refractivity contribution in [2.45, 2.75) is 24.5 Å². The number of thioether (sulfide) groups is 1. The van der Waals surface area contributed by atoms with Gasteiger partial charge in [-0.2, -0.15) is 4.98 Å². The summed E-state index contributed by atoms with van der Waals surface area (Å²) in [5, 5.41) is 8.39. The van der Waals surface area contributed by atoms with Gasteiger partial charge in [-0.25, -0.2) is 9.48 Å². The van der Waals surface area contributed by atoms with Gasteiger partial charge in [0.25, 0.3) is 0 Å². The minimum Gasteiger partial charge on any atom is -0.496 e. The van der Waals surface area contributed by atoms with Gasteiger partial charge >= 0.3 is 5.97 Å². The number of methoxy groups -OCH3 is 2. The number of aromatic nitrogens is 3. The number of para-hydroxylation sites is 1. The maximum absolute atomic E-state index is 12.6. The summed E-state index contributed by atoms with van der Waals surface area (Å²) in [6.45, 7) is 1.98. The van der Waals surface area contributed by atoms with Gasteiger partial charge < -0.3 is 14.8 Å². The van der Waals surface area contributed by atoms with E-state index in [4.69, 9.17) is 9.47 Å². The Labute approximate surface area is 150 Å². The molecule has 3 rings (SSSR count). The van der Waals surface area contributed by atoms with Gasteiger partial charge in [-0.05, 0) is 18.7 Å². The second-order valence-corrected chi connectivity index (χ2v) is 6.15. The first kappa shape index (κ1) is 17.3. The lowest BCUT2D eigenvalue weighted by atomic mass is 9.94.